The fourth-order valence-corrected chi connectivity index (χ4v) is 4.88. The number of hydrogen-bond donors (Lipinski definition) is 2. The summed E-state index contributed by atoms with van der Waals surface area (Å²) in [5, 5.41) is 7.86. The van der Waals surface area contributed by atoms with E-state index in [2.05, 4.69) is 24.5 Å². The van der Waals surface area contributed by atoms with Crippen molar-refractivity contribution >= 4 is 27.6 Å². The lowest BCUT2D eigenvalue weighted by atomic mass is 10.1. The van der Waals surface area contributed by atoms with Crippen LogP contribution in [0.15, 0.2) is 61.6 Å². The van der Waals surface area contributed by atoms with Gasteiger partial charge >= 0.3 is 10.3 Å². The highest BCUT2D eigenvalue weighted by Crippen LogP contribution is 2.32. The first-order chi connectivity index (χ1) is 17.3. The average molecular weight is 514 g/mol. The number of ketones is 1. The lowest BCUT2D eigenvalue weighted by molar-refractivity contribution is 0.103. The van der Waals surface area contributed by atoms with E-state index in [1.54, 1.807) is 18.5 Å². The molecule has 13 heteroatoms. The van der Waals surface area contributed by atoms with E-state index in [-0.39, 0.29) is 36.1 Å². The second-order valence-corrected chi connectivity index (χ2v) is 9.96. The summed E-state index contributed by atoms with van der Waals surface area (Å²) in [6, 6.07) is 6.88. The SMILES string of the molecule is NS(=O)(=O)OCC1CC(F)C(Nc2ncncc2C(=O)c2ccn(Cc3cccc4nccn34)c2)C1. The standard InChI is InChI=1S/C23H24FN7O4S/c24-19-8-15(13-35-36(25,33)34)9-20(19)29-23-18(10-26-14-28-23)22(32)16-4-6-30(11-16)12-17-2-1-3-21-27-5-7-31(17)21/h1-7,10-11,14-15,19-20H,8-9,12-13H2,(H2,25,33,34)(H,26,28,29). The molecular formula is C23H24FN7O4S. The Hall–Kier alpha value is -3.68. The first-order valence-electron chi connectivity index (χ1n) is 11.3. The predicted octanol–water partition coefficient (Wildman–Crippen LogP) is 1.95. The lowest BCUT2D eigenvalue weighted by Crippen LogP contribution is -2.27. The third-order valence-corrected chi connectivity index (χ3v) is 6.66. The number of carbonyl (C=O) groups excluding carboxylic acids is 1. The van der Waals surface area contributed by atoms with Crippen LogP contribution < -0.4 is 10.5 Å². The smallest absolute Gasteiger partial charge is 0.333 e. The summed E-state index contributed by atoms with van der Waals surface area (Å²) in [4.78, 5) is 25.7. The van der Waals surface area contributed by atoms with Gasteiger partial charge in [0.1, 0.15) is 24.0 Å². The number of fused-ring (bicyclic) bond motifs is 1. The minimum atomic E-state index is -4.09. The molecular weight excluding hydrogens is 489 g/mol. The van der Waals surface area contributed by atoms with Crippen LogP contribution in [0.5, 0.6) is 0 Å². The molecule has 4 aromatic heterocycles. The van der Waals surface area contributed by atoms with E-state index in [4.69, 9.17) is 5.14 Å². The Morgan fingerprint density at radius 3 is 2.92 bits per heavy atom. The molecule has 0 aliphatic heterocycles. The molecule has 0 spiro atoms. The zero-order valence-electron chi connectivity index (χ0n) is 19.1. The maximum Gasteiger partial charge on any atom is 0.333 e. The molecule has 0 saturated heterocycles. The largest absolute Gasteiger partial charge is 0.364 e. The van der Waals surface area contributed by atoms with Crippen LogP contribution >= 0.6 is 0 Å². The van der Waals surface area contributed by atoms with Crippen LogP contribution in [0.2, 0.25) is 0 Å². The minimum absolute atomic E-state index is 0.105. The molecule has 0 radical (unpaired) electrons. The number of imidazole rings is 1. The van der Waals surface area contributed by atoms with Crippen molar-refractivity contribution in [1.82, 2.24) is 23.9 Å². The molecule has 0 amide bonds. The van der Waals surface area contributed by atoms with Crippen molar-refractivity contribution in [2.75, 3.05) is 11.9 Å². The van der Waals surface area contributed by atoms with Crippen molar-refractivity contribution in [1.29, 1.82) is 0 Å². The van der Waals surface area contributed by atoms with Crippen molar-refractivity contribution in [2.45, 2.75) is 31.6 Å². The van der Waals surface area contributed by atoms with Crippen LogP contribution in [0.25, 0.3) is 5.65 Å². The predicted molar refractivity (Wildman–Crippen MR) is 128 cm³/mol. The van der Waals surface area contributed by atoms with Crippen LogP contribution in [0.3, 0.4) is 0 Å². The highest BCUT2D eigenvalue weighted by Gasteiger charge is 2.36. The number of hydrogen-bond acceptors (Lipinski definition) is 8. The molecule has 11 nitrogen and oxygen atoms in total. The minimum Gasteiger partial charge on any atom is -0.364 e. The maximum absolute atomic E-state index is 14.7. The first kappa shape index (κ1) is 24.0. The number of nitrogens with one attached hydrogen (secondary N) is 1. The zero-order valence-corrected chi connectivity index (χ0v) is 19.9. The Labute approximate surface area is 206 Å². The molecule has 1 aliphatic carbocycles. The molecule has 5 rings (SSSR count). The Bertz CT molecular complexity index is 1500. The lowest BCUT2D eigenvalue weighted by Gasteiger charge is -2.17. The normalized spacial score (nSPS) is 20.1. The van der Waals surface area contributed by atoms with Gasteiger partial charge in [-0.05, 0) is 37.0 Å². The fourth-order valence-electron chi connectivity index (χ4n) is 4.50. The third-order valence-electron chi connectivity index (χ3n) is 6.20. The first-order valence-corrected chi connectivity index (χ1v) is 12.7. The summed E-state index contributed by atoms with van der Waals surface area (Å²) in [5.74, 6) is -0.433. The van der Waals surface area contributed by atoms with Gasteiger partial charge in [-0.25, -0.2) is 24.5 Å². The Morgan fingerprint density at radius 1 is 1.22 bits per heavy atom. The molecule has 36 heavy (non-hydrogen) atoms. The molecule has 0 aromatic carbocycles. The number of alkyl halides is 1. The van der Waals surface area contributed by atoms with Crippen LogP contribution in [-0.4, -0.2) is 56.9 Å². The second kappa shape index (κ2) is 9.76. The van der Waals surface area contributed by atoms with Gasteiger partial charge in [0.15, 0.2) is 5.78 Å². The van der Waals surface area contributed by atoms with E-state index >= 15 is 0 Å². The number of aromatic nitrogens is 5. The molecule has 1 saturated carbocycles. The van der Waals surface area contributed by atoms with Gasteiger partial charge in [0, 0.05) is 42.2 Å². The van der Waals surface area contributed by atoms with E-state index in [0.29, 0.717) is 18.5 Å². The summed E-state index contributed by atoms with van der Waals surface area (Å²) >= 11 is 0. The summed E-state index contributed by atoms with van der Waals surface area (Å²) in [6.45, 7) is 0.332. The van der Waals surface area contributed by atoms with E-state index < -0.39 is 22.5 Å². The molecule has 4 aromatic rings. The van der Waals surface area contributed by atoms with Crippen LogP contribution in [0.4, 0.5) is 10.2 Å². The molecule has 3 atom stereocenters. The number of pyridine rings is 1. The van der Waals surface area contributed by atoms with E-state index in [1.165, 1.54) is 12.5 Å². The topological polar surface area (TPSA) is 147 Å². The van der Waals surface area contributed by atoms with E-state index in [1.807, 2.05) is 39.6 Å². The van der Waals surface area contributed by atoms with Gasteiger partial charge in [-0.1, -0.05) is 6.07 Å². The monoisotopic (exact) mass is 513 g/mol. The summed E-state index contributed by atoms with van der Waals surface area (Å²) in [5.41, 5.74) is 2.49. The van der Waals surface area contributed by atoms with E-state index in [9.17, 15) is 17.6 Å². The van der Waals surface area contributed by atoms with Crippen molar-refractivity contribution in [3.05, 3.63) is 78.4 Å². The van der Waals surface area contributed by atoms with Crippen molar-refractivity contribution < 1.29 is 21.8 Å². The molecule has 3 N–H and O–H groups in total. The Balaban J connectivity index is 1.29. The van der Waals surface area contributed by atoms with Crippen LogP contribution in [0, 0.1) is 5.92 Å². The number of carbonyl (C=O) groups is 1. The Kier molecular flexibility index (Phi) is 6.51. The third kappa shape index (κ3) is 5.27. The van der Waals surface area contributed by atoms with Gasteiger partial charge in [0.2, 0.25) is 0 Å². The van der Waals surface area contributed by atoms with Crippen molar-refractivity contribution in [3.8, 4) is 0 Å². The summed E-state index contributed by atoms with van der Waals surface area (Å²) in [6.07, 6.45) is 8.96. The van der Waals surface area contributed by atoms with Gasteiger partial charge in [-0.15, -0.1) is 0 Å². The molecule has 3 unspecified atom stereocenters. The molecule has 1 fully saturated rings. The van der Waals surface area contributed by atoms with Crippen molar-refractivity contribution in [2.24, 2.45) is 11.1 Å². The second-order valence-electron chi connectivity index (χ2n) is 8.74. The highest BCUT2D eigenvalue weighted by molar-refractivity contribution is 7.84. The van der Waals surface area contributed by atoms with Crippen molar-refractivity contribution in [3.63, 3.8) is 0 Å². The van der Waals surface area contributed by atoms with Crippen LogP contribution in [-0.2, 0) is 21.0 Å². The van der Waals surface area contributed by atoms with Gasteiger partial charge in [0.25, 0.3) is 0 Å². The quantitative estimate of drug-likeness (QED) is 0.323. The molecule has 188 valence electrons. The fraction of sp³-hybridized carbons (Fsp3) is 0.304. The van der Waals surface area contributed by atoms with Gasteiger partial charge in [-0.3, -0.25) is 8.98 Å². The zero-order chi connectivity index (χ0) is 25.3. The number of rotatable bonds is 9. The highest BCUT2D eigenvalue weighted by atomic mass is 32.2. The van der Waals surface area contributed by atoms with Gasteiger partial charge in [-0.2, -0.15) is 8.42 Å². The number of halogens is 1. The maximum atomic E-state index is 14.7. The molecule has 0 bridgehead atoms. The molecule has 1 aliphatic rings. The summed E-state index contributed by atoms with van der Waals surface area (Å²) in [7, 11) is -4.09. The van der Waals surface area contributed by atoms with Gasteiger partial charge < -0.3 is 14.3 Å². The molecule has 4 heterocycles. The van der Waals surface area contributed by atoms with Gasteiger partial charge in [0.05, 0.1) is 24.8 Å². The summed E-state index contributed by atoms with van der Waals surface area (Å²) < 4.78 is 45.2. The van der Waals surface area contributed by atoms with Crippen LogP contribution in [0.1, 0.15) is 34.5 Å². The number of anilines is 1. The number of nitrogens with zero attached hydrogens (tertiary/aromatic N) is 5. The van der Waals surface area contributed by atoms with E-state index in [0.717, 1.165) is 11.3 Å². The Morgan fingerprint density at radius 2 is 2.08 bits per heavy atom. The number of nitrogens with two attached hydrogens (primary N) is 1. The average Bonchev–Trinajstić information content (AvgIpc) is 3.58.